The van der Waals surface area contributed by atoms with Crippen molar-refractivity contribution >= 4 is 17.5 Å². The number of piperazine rings is 1. The van der Waals surface area contributed by atoms with Crippen molar-refractivity contribution in [1.82, 2.24) is 5.32 Å². The minimum Gasteiger partial charge on any atom is -0.342 e. The van der Waals surface area contributed by atoms with Gasteiger partial charge in [-0.1, -0.05) is 30.3 Å². The third-order valence-electron chi connectivity index (χ3n) is 5.03. The van der Waals surface area contributed by atoms with Crippen LogP contribution in [0.2, 0.25) is 0 Å². The van der Waals surface area contributed by atoms with Gasteiger partial charge in [-0.25, -0.2) is 4.39 Å². The molecule has 0 aromatic heterocycles. The first-order valence-corrected chi connectivity index (χ1v) is 9.66. The number of carbonyl (C=O) groups excluding carboxylic acids is 2. The van der Waals surface area contributed by atoms with Gasteiger partial charge in [0.2, 0.25) is 0 Å². The van der Waals surface area contributed by atoms with Gasteiger partial charge >= 0.3 is 11.8 Å². The van der Waals surface area contributed by atoms with Crippen molar-refractivity contribution in [2.24, 2.45) is 0 Å². The van der Waals surface area contributed by atoms with Gasteiger partial charge < -0.3 is 20.4 Å². The summed E-state index contributed by atoms with van der Waals surface area (Å²) < 4.78 is 12.9. The number of benzene rings is 2. The molecule has 0 aliphatic carbocycles. The Bertz CT molecular complexity index is 775. The standard InChI is InChI=1S/C21H25FN4O2/c22-18-6-8-19(9-7-18)24-21(28)20(27)23-10-11-25-12-14-26(15-13-25)16-17-4-2-1-3-5-17/h1-9H,10-16H2,(H,23,27)(H,24,28)/p+2. The molecule has 0 bridgehead atoms. The Balaban J connectivity index is 1.32. The van der Waals surface area contributed by atoms with Gasteiger partial charge in [0.15, 0.2) is 0 Å². The zero-order valence-corrected chi connectivity index (χ0v) is 15.8. The second-order valence-corrected chi connectivity index (χ2v) is 7.13. The molecule has 0 atom stereocenters. The molecule has 4 N–H and O–H groups in total. The second kappa shape index (κ2) is 9.96. The van der Waals surface area contributed by atoms with Gasteiger partial charge in [0.1, 0.15) is 38.5 Å². The zero-order chi connectivity index (χ0) is 19.8. The molecule has 0 spiro atoms. The van der Waals surface area contributed by atoms with E-state index < -0.39 is 17.6 Å². The summed E-state index contributed by atoms with van der Waals surface area (Å²) in [7, 11) is 0. The van der Waals surface area contributed by atoms with E-state index in [1.165, 1.54) is 34.7 Å². The summed E-state index contributed by atoms with van der Waals surface area (Å²) in [4.78, 5) is 26.8. The van der Waals surface area contributed by atoms with Crippen molar-refractivity contribution < 1.29 is 23.8 Å². The molecule has 2 aromatic carbocycles. The van der Waals surface area contributed by atoms with Crippen molar-refractivity contribution in [1.29, 1.82) is 0 Å². The molecule has 6 nitrogen and oxygen atoms in total. The van der Waals surface area contributed by atoms with Crippen LogP contribution >= 0.6 is 0 Å². The fraction of sp³-hybridized carbons (Fsp3) is 0.333. The fourth-order valence-corrected chi connectivity index (χ4v) is 3.42. The summed E-state index contributed by atoms with van der Waals surface area (Å²) in [5.41, 5.74) is 1.75. The van der Waals surface area contributed by atoms with Gasteiger partial charge in [-0.3, -0.25) is 9.59 Å². The Morgan fingerprint density at radius 1 is 0.857 bits per heavy atom. The molecule has 7 heteroatoms. The summed E-state index contributed by atoms with van der Waals surface area (Å²) in [5, 5.41) is 5.12. The maximum absolute atomic E-state index is 12.9. The molecule has 2 aromatic rings. The largest absolute Gasteiger partial charge is 0.342 e. The first-order chi connectivity index (χ1) is 13.6. The second-order valence-electron chi connectivity index (χ2n) is 7.13. The predicted molar refractivity (Wildman–Crippen MR) is 104 cm³/mol. The minimum atomic E-state index is -0.737. The minimum absolute atomic E-state index is 0.392. The molecule has 1 saturated heterocycles. The van der Waals surface area contributed by atoms with Crippen LogP contribution in [0.15, 0.2) is 54.6 Å². The molecule has 0 radical (unpaired) electrons. The van der Waals surface area contributed by atoms with Gasteiger partial charge in [-0.2, -0.15) is 0 Å². The number of carbonyl (C=O) groups is 2. The topological polar surface area (TPSA) is 67.1 Å². The van der Waals surface area contributed by atoms with Crippen LogP contribution in [0.4, 0.5) is 10.1 Å². The average Bonchev–Trinajstić information content (AvgIpc) is 2.71. The number of hydrogen-bond donors (Lipinski definition) is 4. The summed E-state index contributed by atoms with van der Waals surface area (Å²) in [6.45, 7) is 6.62. The highest BCUT2D eigenvalue weighted by Crippen LogP contribution is 2.07. The highest BCUT2D eigenvalue weighted by atomic mass is 19.1. The number of nitrogens with one attached hydrogen (secondary N) is 4. The Hall–Kier alpha value is -2.77. The molecule has 0 saturated carbocycles. The third kappa shape index (κ3) is 6.14. The maximum Gasteiger partial charge on any atom is 0.313 e. The van der Waals surface area contributed by atoms with E-state index in [1.807, 2.05) is 6.07 Å². The number of halogens is 1. The van der Waals surface area contributed by atoms with Crippen LogP contribution in [0.25, 0.3) is 0 Å². The lowest BCUT2D eigenvalue weighted by Gasteiger charge is -2.29. The van der Waals surface area contributed by atoms with Gasteiger partial charge in [0, 0.05) is 11.3 Å². The van der Waals surface area contributed by atoms with Crippen molar-refractivity contribution in [3.63, 3.8) is 0 Å². The van der Waals surface area contributed by atoms with Gasteiger partial charge in [-0.15, -0.1) is 0 Å². The highest BCUT2D eigenvalue weighted by Gasteiger charge is 2.23. The lowest BCUT2D eigenvalue weighted by Crippen LogP contribution is -3.27. The summed E-state index contributed by atoms with van der Waals surface area (Å²) in [6, 6.07) is 15.8. The van der Waals surface area contributed by atoms with E-state index in [0.29, 0.717) is 12.2 Å². The predicted octanol–water partition coefficient (Wildman–Crippen LogP) is -1.14. The molecule has 1 aliphatic rings. The lowest BCUT2D eigenvalue weighted by molar-refractivity contribution is -1.02. The Kier molecular flexibility index (Phi) is 7.11. The van der Waals surface area contributed by atoms with E-state index in [0.717, 1.165) is 39.3 Å². The van der Waals surface area contributed by atoms with Gasteiger partial charge in [0.25, 0.3) is 0 Å². The summed E-state index contributed by atoms with van der Waals surface area (Å²) in [6.07, 6.45) is 0. The van der Waals surface area contributed by atoms with Gasteiger partial charge in [-0.05, 0) is 24.3 Å². The molecule has 148 valence electrons. The molecule has 0 unspecified atom stereocenters. The molecular formula is C21H27FN4O2+2. The van der Waals surface area contributed by atoms with E-state index in [2.05, 4.69) is 34.9 Å². The summed E-state index contributed by atoms with van der Waals surface area (Å²) >= 11 is 0. The first kappa shape index (κ1) is 20.0. The van der Waals surface area contributed by atoms with Gasteiger partial charge in [0.05, 0.1) is 13.1 Å². The van der Waals surface area contributed by atoms with E-state index >= 15 is 0 Å². The Morgan fingerprint density at radius 2 is 1.50 bits per heavy atom. The third-order valence-corrected chi connectivity index (χ3v) is 5.03. The Morgan fingerprint density at radius 3 is 2.18 bits per heavy atom. The van der Waals surface area contributed by atoms with Crippen LogP contribution in [0.5, 0.6) is 0 Å². The number of anilines is 1. The van der Waals surface area contributed by atoms with Crippen molar-refractivity contribution in [2.45, 2.75) is 6.54 Å². The van der Waals surface area contributed by atoms with Crippen LogP contribution in [0.3, 0.4) is 0 Å². The van der Waals surface area contributed by atoms with E-state index in [1.54, 1.807) is 4.90 Å². The number of amides is 2. The average molecular weight is 386 g/mol. The quantitative estimate of drug-likeness (QED) is 0.475. The molecule has 2 amide bonds. The van der Waals surface area contributed by atoms with Crippen LogP contribution in [0.1, 0.15) is 5.56 Å². The van der Waals surface area contributed by atoms with Crippen molar-refractivity contribution in [3.05, 3.63) is 66.0 Å². The molecule has 3 rings (SSSR count). The van der Waals surface area contributed by atoms with E-state index in [4.69, 9.17) is 0 Å². The molecule has 1 heterocycles. The van der Waals surface area contributed by atoms with Crippen LogP contribution in [-0.2, 0) is 16.1 Å². The van der Waals surface area contributed by atoms with Crippen LogP contribution in [-0.4, -0.2) is 51.1 Å². The number of quaternary nitrogens is 2. The molecule has 28 heavy (non-hydrogen) atoms. The van der Waals surface area contributed by atoms with Crippen LogP contribution in [0, 0.1) is 5.82 Å². The molecule has 1 fully saturated rings. The Labute approximate surface area is 164 Å². The lowest BCUT2D eigenvalue weighted by atomic mass is 10.2. The molecular weight excluding hydrogens is 359 g/mol. The van der Waals surface area contributed by atoms with Crippen molar-refractivity contribution in [3.8, 4) is 0 Å². The first-order valence-electron chi connectivity index (χ1n) is 9.66. The van der Waals surface area contributed by atoms with E-state index in [9.17, 15) is 14.0 Å². The molecule has 1 aliphatic heterocycles. The number of rotatable bonds is 6. The zero-order valence-electron chi connectivity index (χ0n) is 15.8. The highest BCUT2D eigenvalue weighted by molar-refractivity contribution is 6.39. The smallest absolute Gasteiger partial charge is 0.313 e. The SMILES string of the molecule is O=C(NCC[NH+]1CC[NH+](Cc2ccccc2)CC1)C(=O)Nc1ccc(F)cc1. The summed E-state index contributed by atoms with van der Waals surface area (Å²) in [5.74, 6) is -1.80. The normalized spacial score (nSPS) is 19.0. The van der Waals surface area contributed by atoms with Crippen molar-refractivity contribution in [2.75, 3.05) is 44.6 Å². The maximum atomic E-state index is 12.9. The monoisotopic (exact) mass is 386 g/mol. The number of hydrogen-bond acceptors (Lipinski definition) is 2. The van der Waals surface area contributed by atoms with E-state index in [-0.39, 0.29) is 0 Å². The van der Waals surface area contributed by atoms with Crippen LogP contribution < -0.4 is 20.4 Å². The fourth-order valence-electron chi connectivity index (χ4n) is 3.42.